The quantitative estimate of drug-likeness (QED) is 0.138. The van der Waals surface area contributed by atoms with Crippen molar-refractivity contribution in [1.82, 2.24) is 0 Å². The van der Waals surface area contributed by atoms with E-state index in [1.807, 2.05) is 0 Å². The van der Waals surface area contributed by atoms with Crippen LogP contribution in [0.3, 0.4) is 0 Å². The summed E-state index contributed by atoms with van der Waals surface area (Å²) in [7, 11) is -5.06. The monoisotopic (exact) mass is 513 g/mol. The third-order valence-electron chi connectivity index (χ3n) is 4.64. The van der Waals surface area contributed by atoms with Crippen molar-refractivity contribution in [3.8, 4) is 11.5 Å². The van der Waals surface area contributed by atoms with Crippen LogP contribution in [0.2, 0.25) is 0 Å². The molecule has 0 bridgehead atoms. The maximum absolute atomic E-state index is 11.6. The van der Waals surface area contributed by atoms with Gasteiger partial charge in [0.05, 0.1) is 9.82 Å². The summed E-state index contributed by atoms with van der Waals surface area (Å²) in [6, 6.07) is 14.0. The number of aromatic hydroxyl groups is 2. The molecule has 4 aromatic carbocycles. The van der Waals surface area contributed by atoms with Crippen LogP contribution in [0, 0.1) is 10.1 Å². The molecule has 13 heteroatoms. The van der Waals surface area contributed by atoms with Crippen LogP contribution >= 0.6 is 0 Å². The fraction of sp³-hybridized carbons (Fsp3) is 0. The first-order valence-electron chi connectivity index (χ1n) is 8.69. The van der Waals surface area contributed by atoms with Crippen molar-refractivity contribution < 1.29 is 75.0 Å². The van der Waals surface area contributed by atoms with E-state index in [9.17, 15) is 33.3 Å². The van der Waals surface area contributed by atoms with Gasteiger partial charge < -0.3 is 14.8 Å². The fourth-order valence-corrected chi connectivity index (χ4v) is 3.92. The van der Waals surface area contributed by atoms with E-state index in [1.165, 1.54) is 12.1 Å². The van der Waals surface area contributed by atoms with Crippen LogP contribution in [-0.2, 0) is 27.5 Å². The molecular formula is C20H12CrN3NaO7S. The summed E-state index contributed by atoms with van der Waals surface area (Å²) >= 11 is 0. The standard InChI is InChI=1S/C20H13N3O7S.Cr.Na/c24-16-8-5-11-3-1-2-4-13(11)19(16)21-22-20-14-7-6-12(23(26)27)9-15(14)18(10-17(20)25)31(28,29)30;;/h1-10,24-25H,(H,28,29,30);;/q;;+1/p-1. The molecule has 0 radical (unpaired) electrons. The minimum atomic E-state index is -5.06. The third kappa shape index (κ3) is 5.18. The third-order valence-corrected chi connectivity index (χ3v) is 5.52. The Labute approximate surface area is 219 Å². The van der Waals surface area contributed by atoms with E-state index in [1.54, 1.807) is 30.3 Å². The Morgan fingerprint density at radius 2 is 1.45 bits per heavy atom. The minimum Gasteiger partial charge on any atom is -0.744 e. The zero-order valence-corrected chi connectivity index (χ0v) is 21.0. The van der Waals surface area contributed by atoms with Gasteiger partial charge in [-0.2, -0.15) is 0 Å². The van der Waals surface area contributed by atoms with Gasteiger partial charge in [-0.3, -0.25) is 10.1 Å². The van der Waals surface area contributed by atoms with Gasteiger partial charge in [-0.15, -0.1) is 10.2 Å². The van der Waals surface area contributed by atoms with E-state index >= 15 is 0 Å². The molecule has 4 aromatic rings. The summed E-state index contributed by atoms with van der Waals surface area (Å²) < 4.78 is 34.9. The van der Waals surface area contributed by atoms with Gasteiger partial charge in [0.25, 0.3) is 5.69 Å². The molecule has 0 spiro atoms. The Morgan fingerprint density at radius 3 is 2.09 bits per heavy atom. The average Bonchev–Trinajstić information content (AvgIpc) is 2.72. The number of nitrogens with zero attached hydrogens (tertiary/aromatic N) is 3. The summed E-state index contributed by atoms with van der Waals surface area (Å²) in [5, 5.41) is 40.6. The number of fused-ring (bicyclic) bond motifs is 2. The zero-order chi connectivity index (χ0) is 22.3. The SMILES string of the molecule is O=[N+]([O-])c1ccc2c(N=Nc3c(O)ccc4ccccc34)c(O)cc(S(=O)(=O)[O-])c2c1.[Cr].[Na+]. The maximum atomic E-state index is 11.6. The molecule has 162 valence electrons. The number of nitro groups is 1. The Balaban J connectivity index is 0.00000193. The zero-order valence-electron chi connectivity index (χ0n) is 16.9. The molecule has 0 amide bonds. The molecule has 4 rings (SSSR count). The normalized spacial score (nSPS) is 11.3. The Kier molecular flexibility index (Phi) is 8.21. The number of non-ortho nitro benzene ring substituents is 1. The molecule has 0 aromatic heterocycles. The Bertz CT molecular complexity index is 1530. The second-order valence-corrected chi connectivity index (χ2v) is 7.89. The van der Waals surface area contributed by atoms with E-state index in [0.717, 1.165) is 17.5 Å². The van der Waals surface area contributed by atoms with E-state index in [-0.39, 0.29) is 74.8 Å². The first kappa shape index (κ1) is 26.7. The van der Waals surface area contributed by atoms with Crippen molar-refractivity contribution in [1.29, 1.82) is 0 Å². The van der Waals surface area contributed by atoms with E-state index in [0.29, 0.717) is 11.5 Å². The van der Waals surface area contributed by atoms with Crippen molar-refractivity contribution in [3.63, 3.8) is 0 Å². The van der Waals surface area contributed by atoms with Gasteiger partial charge in [0.2, 0.25) is 0 Å². The van der Waals surface area contributed by atoms with Crippen LogP contribution in [0.5, 0.6) is 11.5 Å². The van der Waals surface area contributed by atoms with Crippen molar-refractivity contribution in [2.24, 2.45) is 10.2 Å². The van der Waals surface area contributed by atoms with Gasteiger partial charge in [-0.25, -0.2) is 8.42 Å². The van der Waals surface area contributed by atoms with Crippen molar-refractivity contribution >= 4 is 48.7 Å². The summed E-state index contributed by atoms with van der Waals surface area (Å²) in [5.41, 5.74) is -0.560. The number of rotatable bonds is 4. The number of hydrogen-bond acceptors (Lipinski definition) is 9. The predicted molar refractivity (Wildman–Crippen MR) is 110 cm³/mol. The van der Waals surface area contributed by atoms with Crippen molar-refractivity contribution in [3.05, 3.63) is 70.8 Å². The number of benzene rings is 4. The molecule has 0 saturated heterocycles. The summed E-state index contributed by atoms with van der Waals surface area (Å²) in [5.74, 6) is -0.847. The van der Waals surface area contributed by atoms with Gasteiger partial charge >= 0.3 is 29.6 Å². The average molecular weight is 513 g/mol. The van der Waals surface area contributed by atoms with Gasteiger partial charge in [0.1, 0.15) is 33.0 Å². The van der Waals surface area contributed by atoms with Crippen molar-refractivity contribution in [2.45, 2.75) is 4.90 Å². The molecule has 0 heterocycles. The summed E-state index contributed by atoms with van der Waals surface area (Å²) in [6.07, 6.45) is 0. The minimum absolute atomic E-state index is 0. The molecule has 0 atom stereocenters. The molecule has 0 fully saturated rings. The second kappa shape index (κ2) is 10.1. The van der Waals surface area contributed by atoms with Gasteiger partial charge in [0, 0.05) is 51.7 Å². The molecule has 0 aliphatic rings. The summed E-state index contributed by atoms with van der Waals surface area (Å²) in [6.45, 7) is 0. The fourth-order valence-electron chi connectivity index (χ4n) is 3.23. The first-order valence-corrected chi connectivity index (χ1v) is 10.1. The summed E-state index contributed by atoms with van der Waals surface area (Å²) in [4.78, 5) is 9.52. The number of phenols is 2. The van der Waals surface area contributed by atoms with Crippen LogP contribution in [0.1, 0.15) is 0 Å². The van der Waals surface area contributed by atoms with E-state index < -0.39 is 31.4 Å². The van der Waals surface area contributed by atoms with Gasteiger partial charge in [0.15, 0.2) is 0 Å². The van der Waals surface area contributed by atoms with E-state index in [4.69, 9.17) is 0 Å². The van der Waals surface area contributed by atoms with Crippen LogP contribution in [0.4, 0.5) is 17.1 Å². The predicted octanol–water partition coefficient (Wildman–Crippen LogP) is 1.63. The number of nitro benzene ring substituents is 1. The van der Waals surface area contributed by atoms with Crippen LogP contribution in [-0.4, -0.2) is 28.1 Å². The molecule has 0 aliphatic heterocycles. The maximum Gasteiger partial charge on any atom is 1.00 e. The molecule has 33 heavy (non-hydrogen) atoms. The molecular weight excluding hydrogens is 501 g/mol. The molecule has 10 nitrogen and oxygen atoms in total. The first-order chi connectivity index (χ1) is 14.7. The van der Waals surface area contributed by atoms with Crippen LogP contribution in [0.25, 0.3) is 21.5 Å². The van der Waals surface area contributed by atoms with Crippen LogP contribution < -0.4 is 29.6 Å². The smallest absolute Gasteiger partial charge is 0.744 e. The Morgan fingerprint density at radius 1 is 0.818 bits per heavy atom. The van der Waals surface area contributed by atoms with Crippen molar-refractivity contribution in [2.75, 3.05) is 0 Å². The topological polar surface area (TPSA) is 166 Å². The second-order valence-electron chi connectivity index (χ2n) is 6.54. The molecule has 0 saturated carbocycles. The molecule has 0 unspecified atom stereocenters. The van der Waals surface area contributed by atoms with Crippen LogP contribution in [0.15, 0.2) is 75.8 Å². The molecule has 2 N–H and O–H groups in total. The Hall–Kier alpha value is -2.56. The largest absolute Gasteiger partial charge is 1.00 e. The molecule has 0 aliphatic carbocycles. The number of phenolic OH excluding ortho intramolecular Hbond substituents is 2. The van der Waals surface area contributed by atoms with Gasteiger partial charge in [-0.1, -0.05) is 30.3 Å². The number of azo groups is 1. The van der Waals surface area contributed by atoms with Gasteiger partial charge in [-0.05, 0) is 17.5 Å². The van der Waals surface area contributed by atoms with E-state index in [2.05, 4.69) is 10.2 Å². The number of hydrogen-bond donors (Lipinski definition) is 2.